The third-order valence-electron chi connectivity index (χ3n) is 2.66. The molecule has 0 spiro atoms. The molecule has 0 heterocycles. The molecule has 100 valence electrons. The minimum absolute atomic E-state index is 0.177. The van der Waals surface area contributed by atoms with Crippen LogP contribution < -0.4 is 10.1 Å². The number of hydrogen-bond acceptors (Lipinski definition) is 2. The number of nitrogens with one attached hydrogen (secondary N) is 1. The van der Waals surface area contributed by atoms with Crippen molar-refractivity contribution in [3.8, 4) is 5.75 Å². The third kappa shape index (κ3) is 4.18. The summed E-state index contributed by atoms with van der Waals surface area (Å²) < 4.78 is 5.79. The van der Waals surface area contributed by atoms with Crippen molar-refractivity contribution >= 4 is 17.3 Å². The average Bonchev–Trinajstić information content (AvgIpc) is 2.39. The van der Waals surface area contributed by atoms with E-state index in [0.29, 0.717) is 0 Å². The van der Waals surface area contributed by atoms with Crippen molar-refractivity contribution in [3.63, 3.8) is 0 Å². The van der Waals surface area contributed by atoms with E-state index < -0.39 is 0 Å². The molecule has 0 amide bonds. The minimum atomic E-state index is 0.177. The van der Waals surface area contributed by atoms with Gasteiger partial charge in [0.25, 0.3) is 0 Å². The van der Waals surface area contributed by atoms with E-state index in [1.165, 1.54) is 0 Å². The van der Waals surface area contributed by atoms with Crippen LogP contribution in [0.4, 0.5) is 5.69 Å². The zero-order valence-electron chi connectivity index (χ0n) is 11.2. The van der Waals surface area contributed by atoms with E-state index in [4.69, 9.17) is 16.3 Å². The molecule has 1 N–H and O–H groups in total. The lowest BCUT2D eigenvalue weighted by atomic mass is 10.2. The van der Waals surface area contributed by atoms with Crippen molar-refractivity contribution in [3.05, 3.63) is 59.1 Å². The molecule has 2 aromatic rings. The summed E-state index contributed by atoms with van der Waals surface area (Å²) in [7, 11) is 0. The Hall–Kier alpha value is -1.67. The average molecular weight is 276 g/mol. The molecule has 0 fully saturated rings. The van der Waals surface area contributed by atoms with E-state index in [-0.39, 0.29) is 6.10 Å². The largest absolute Gasteiger partial charge is 0.491 e. The summed E-state index contributed by atoms with van der Waals surface area (Å²) in [6.45, 7) is 4.79. The van der Waals surface area contributed by atoms with Gasteiger partial charge in [0.05, 0.1) is 6.10 Å². The highest BCUT2D eigenvalue weighted by Crippen LogP contribution is 2.21. The summed E-state index contributed by atoms with van der Waals surface area (Å²) in [6.07, 6.45) is 0.177. The smallest absolute Gasteiger partial charge is 0.124 e. The number of rotatable bonds is 5. The van der Waals surface area contributed by atoms with Crippen LogP contribution >= 0.6 is 11.6 Å². The Morgan fingerprint density at radius 1 is 1.05 bits per heavy atom. The van der Waals surface area contributed by atoms with Gasteiger partial charge in [-0.2, -0.15) is 0 Å². The van der Waals surface area contributed by atoms with Gasteiger partial charge in [-0.15, -0.1) is 0 Å². The van der Waals surface area contributed by atoms with Gasteiger partial charge in [-0.05, 0) is 44.2 Å². The normalized spacial score (nSPS) is 10.5. The number of anilines is 1. The SMILES string of the molecule is CC(C)Oc1ccccc1CNc1ccc(Cl)cc1. The lowest BCUT2D eigenvalue weighted by Crippen LogP contribution is -2.09. The molecule has 0 aliphatic rings. The van der Waals surface area contributed by atoms with Crippen LogP contribution in [0.5, 0.6) is 5.75 Å². The molecule has 0 saturated heterocycles. The van der Waals surface area contributed by atoms with Gasteiger partial charge in [0.15, 0.2) is 0 Å². The van der Waals surface area contributed by atoms with Crippen LogP contribution in [0.3, 0.4) is 0 Å². The van der Waals surface area contributed by atoms with Crippen molar-refractivity contribution in [2.75, 3.05) is 5.32 Å². The highest BCUT2D eigenvalue weighted by Gasteiger charge is 2.04. The Kier molecular flexibility index (Phi) is 4.69. The molecule has 19 heavy (non-hydrogen) atoms. The zero-order valence-corrected chi connectivity index (χ0v) is 11.9. The Balaban J connectivity index is 2.04. The second-order valence-electron chi connectivity index (χ2n) is 4.63. The maximum absolute atomic E-state index is 5.86. The second kappa shape index (κ2) is 6.48. The van der Waals surface area contributed by atoms with Gasteiger partial charge in [-0.3, -0.25) is 0 Å². The molecule has 0 unspecified atom stereocenters. The maximum Gasteiger partial charge on any atom is 0.124 e. The third-order valence-corrected chi connectivity index (χ3v) is 2.91. The summed E-state index contributed by atoms with van der Waals surface area (Å²) in [5, 5.41) is 4.11. The van der Waals surface area contributed by atoms with E-state index >= 15 is 0 Å². The Labute approximate surface area is 119 Å². The van der Waals surface area contributed by atoms with Gasteiger partial charge in [0, 0.05) is 22.8 Å². The van der Waals surface area contributed by atoms with Crippen molar-refractivity contribution in [1.29, 1.82) is 0 Å². The Bertz CT molecular complexity index is 523. The van der Waals surface area contributed by atoms with E-state index in [9.17, 15) is 0 Å². The Morgan fingerprint density at radius 3 is 2.42 bits per heavy atom. The van der Waals surface area contributed by atoms with Gasteiger partial charge in [0.1, 0.15) is 5.75 Å². The highest BCUT2D eigenvalue weighted by molar-refractivity contribution is 6.30. The molecular weight excluding hydrogens is 258 g/mol. The predicted molar refractivity (Wildman–Crippen MR) is 81.0 cm³/mol. The molecule has 0 radical (unpaired) electrons. The second-order valence-corrected chi connectivity index (χ2v) is 5.07. The van der Waals surface area contributed by atoms with Gasteiger partial charge < -0.3 is 10.1 Å². The van der Waals surface area contributed by atoms with Gasteiger partial charge in [-0.1, -0.05) is 29.8 Å². The van der Waals surface area contributed by atoms with Crippen LogP contribution in [0, 0.1) is 0 Å². The van der Waals surface area contributed by atoms with E-state index in [1.807, 2.05) is 56.3 Å². The monoisotopic (exact) mass is 275 g/mol. The highest BCUT2D eigenvalue weighted by atomic mass is 35.5. The molecule has 0 bridgehead atoms. The number of para-hydroxylation sites is 1. The fraction of sp³-hybridized carbons (Fsp3) is 0.250. The Morgan fingerprint density at radius 2 is 1.74 bits per heavy atom. The zero-order chi connectivity index (χ0) is 13.7. The van der Waals surface area contributed by atoms with Crippen molar-refractivity contribution < 1.29 is 4.74 Å². The topological polar surface area (TPSA) is 21.3 Å². The first kappa shape index (κ1) is 13.8. The van der Waals surface area contributed by atoms with Crippen LogP contribution in [-0.2, 0) is 6.54 Å². The predicted octanol–water partition coefficient (Wildman–Crippen LogP) is 4.74. The van der Waals surface area contributed by atoms with Crippen LogP contribution in [-0.4, -0.2) is 6.10 Å². The first-order valence-corrected chi connectivity index (χ1v) is 6.77. The van der Waals surface area contributed by atoms with Crippen LogP contribution in [0.1, 0.15) is 19.4 Å². The van der Waals surface area contributed by atoms with Crippen molar-refractivity contribution in [2.45, 2.75) is 26.5 Å². The van der Waals surface area contributed by atoms with E-state index in [1.54, 1.807) is 0 Å². The van der Waals surface area contributed by atoms with Crippen molar-refractivity contribution in [1.82, 2.24) is 0 Å². The molecule has 0 atom stereocenters. The summed E-state index contributed by atoms with van der Waals surface area (Å²) in [5.74, 6) is 0.930. The number of ether oxygens (including phenoxy) is 1. The molecule has 0 saturated carbocycles. The standard InChI is InChI=1S/C16H18ClNO/c1-12(2)19-16-6-4-3-5-13(16)11-18-15-9-7-14(17)8-10-15/h3-10,12,18H,11H2,1-2H3. The molecule has 3 heteroatoms. The molecule has 0 aromatic heterocycles. The summed E-state index contributed by atoms with van der Waals surface area (Å²) >= 11 is 5.86. The first-order chi connectivity index (χ1) is 9.15. The summed E-state index contributed by atoms with van der Waals surface area (Å²) in [4.78, 5) is 0. The fourth-order valence-electron chi connectivity index (χ4n) is 1.78. The first-order valence-electron chi connectivity index (χ1n) is 6.39. The quantitative estimate of drug-likeness (QED) is 0.851. The van der Waals surface area contributed by atoms with E-state index in [2.05, 4.69) is 11.4 Å². The number of halogens is 1. The fourth-order valence-corrected chi connectivity index (χ4v) is 1.91. The molecule has 0 aliphatic carbocycles. The lowest BCUT2D eigenvalue weighted by Gasteiger charge is -2.15. The molecule has 0 aliphatic heterocycles. The summed E-state index contributed by atoms with van der Waals surface area (Å²) in [6, 6.07) is 15.8. The molecular formula is C16H18ClNO. The number of benzene rings is 2. The maximum atomic E-state index is 5.86. The molecule has 2 aromatic carbocycles. The van der Waals surface area contributed by atoms with Gasteiger partial charge in [-0.25, -0.2) is 0 Å². The minimum Gasteiger partial charge on any atom is -0.491 e. The molecule has 2 rings (SSSR count). The number of hydrogen-bond donors (Lipinski definition) is 1. The van der Waals surface area contributed by atoms with E-state index in [0.717, 1.165) is 28.6 Å². The van der Waals surface area contributed by atoms with Crippen LogP contribution in [0.2, 0.25) is 5.02 Å². The lowest BCUT2D eigenvalue weighted by molar-refractivity contribution is 0.240. The van der Waals surface area contributed by atoms with Crippen LogP contribution in [0.15, 0.2) is 48.5 Å². The van der Waals surface area contributed by atoms with Crippen LogP contribution in [0.25, 0.3) is 0 Å². The van der Waals surface area contributed by atoms with Gasteiger partial charge in [0.2, 0.25) is 0 Å². The summed E-state index contributed by atoms with van der Waals surface area (Å²) in [5.41, 5.74) is 2.19. The van der Waals surface area contributed by atoms with Gasteiger partial charge >= 0.3 is 0 Å². The molecule has 2 nitrogen and oxygen atoms in total. The van der Waals surface area contributed by atoms with Crippen molar-refractivity contribution in [2.24, 2.45) is 0 Å².